The van der Waals surface area contributed by atoms with Crippen molar-refractivity contribution in [2.24, 2.45) is 0 Å². The number of carbonyl (C=O) groups is 2. The van der Waals surface area contributed by atoms with Crippen LogP contribution in [0.15, 0.2) is 11.1 Å². The second-order valence-corrected chi connectivity index (χ2v) is 4.32. The van der Waals surface area contributed by atoms with Gasteiger partial charge in [-0.05, 0) is 20.8 Å². The smallest absolute Gasteiger partial charge is 0.331 e. The third kappa shape index (κ3) is 2.86. The predicted molar refractivity (Wildman–Crippen MR) is 59.3 cm³/mol. The van der Waals surface area contributed by atoms with Crippen molar-refractivity contribution in [1.29, 1.82) is 0 Å². The second-order valence-electron chi connectivity index (χ2n) is 3.14. The number of hydrogen-bond donors (Lipinski definition) is 2. The molecule has 86 valence electrons. The number of aliphatic carboxylic acids is 1. The van der Waals surface area contributed by atoms with Crippen molar-refractivity contribution in [2.45, 2.75) is 20.8 Å². The Morgan fingerprint density at radius 3 is 2.31 bits per heavy atom. The molecule has 1 amide bonds. The van der Waals surface area contributed by atoms with Gasteiger partial charge in [0.1, 0.15) is 5.01 Å². The Labute approximate surface area is 96.0 Å². The lowest BCUT2D eigenvalue weighted by molar-refractivity contribution is -0.133. The number of aromatic nitrogens is 2. The van der Waals surface area contributed by atoms with E-state index in [4.69, 9.17) is 5.11 Å². The van der Waals surface area contributed by atoms with Crippen LogP contribution in [0.5, 0.6) is 0 Å². The molecular weight excluding hydrogens is 230 g/mol. The van der Waals surface area contributed by atoms with Gasteiger partial charge in [0.15, 0.2) is 0 Å². The van der Waals surface area contributed by atoms with Crippen LogP contribution in [0.25, 0.3) is 0 Å². The van der Waals surface area contributed by atoms with Crippen LogP contribution < -0.4 is 5.32 Å². The third-order valence-electron chi connectivity index (χ3n) is 1.97. The van der Waals surface area contributed by atoms with Gasteiger partial charge in [-0.25, -0.2) is 4.79 Å². The lowest BCUT2D eigenvalue weighted by Gasteiger charge is -2.03. The molecule has 7 heteroatoms. The SMILES string of the molecule is CC(C(=O)O)=C(C)C(=O)Nc1nnc(C)s1. The summed E-state index contributed by atoms with van der Waals surface area (Å²) in [5.41, 5.74) is 0.166. The molecule has 0 aliphatic rings. The molecule has 0 spiro atoms. The number of aryl methyl sites for hydroxylation is 1. The average molecular weight is 241 g/mol. The molecule has 0 fully saturated rings. The Kier molecular flexibility index (Phi) is 3.73. The van der Waals surface area contributed by atoms with Gasteiger partial charge in [-0.15, -0.1) is 10.2 Å². The van der Waals surface area contributed by atoms with Crippen LogP contribution in [-0.4, -0.2) is 27.2 Å². The van der Waals surface area contributed by atoms with Gasteiger partial charge >= 0.3 is 5.97 Å². The molecular formula is C9H11N3O3S. The summed E-state index contributed by atoms with van der Waals surface area (Å²) in [7, 11) is 0. The Bertz CT molecular complexity index is 464. The molecule has 0 atom stereocenters. The number of anilines is 1. The van der Waals surface area contributed by atoms with Gasteiger partial charge < -0.3 is 5.11 Å². The van der Waals surface area contributed by atoms with Crippen molar-refractivity contribution in [2.75, 3.05) is 5.32 Å². The molecule has 0 unspecified atom stereocenters. The number of carboxylic acids is 1. The van der Waals surface area contributed by atoms with Crippen LogP contribution in [0.3, 0.4) is 0 Å². The van der Waals surface area contributed by atoms with E-state index >= 15 is 0 Å². The van der Waals surface area contributed by atoms with E-state index in [0.717, 1.165) is 5.01 Å². The summed E-state index contributed by atoms with van der Waals surface area (Å²) in [4.78, 5) is 22.2. The van der Waals surface area contributed by atoms with Crippen LogP contribution in [-0.2, 0) is 9.59 Å². The normalized spacial score (nSPS) is 11.9. The van der Waals surface area contributed by atoms with Gasteiger partial charge in [0, 0.05) is 11.1 Å². The fraction of sp³-hybridized carbons (Fsp3) is 0.333. The summed E-state index contributed by atoms with van der Waals surface area (Å²) in [5.74, 6) is -1.59. The van der Waals surface area contributed by atoms with Gasteiger partial charge in [0.25, 0.3) is 5.91 Å². The highest BCUT2D eigenvalue weighted by atomic mass is 32.1. The Hall–Kier alpha value is -1.76. The first-order valence-corrected chi connectivity index (χ1v) is 5.25. The highest BCUT2D eigenvalue weighted by Gasteiger charge is 2.14. The first-order chi connectivity index (χ1) is 7.41. The number of amides is 1. The quantitative estimate of drug-likeness (QED) is 0.776. The maximum absolute atomic E-state index is 11.6. The number of rotatable bonds is 3. The monoisotopic (exact) mass is 241 g/mol. The molecule has 0 aromatic carbocycles. The summed E-state index contributed by atoms with van der Waals surface area (Å²) in [6.07, 6.45) is 0. The lowest BCUT2D eigenvalue weighted by Crippen LogP contribution is -2.16. The zero-order valence-electron chi connectivity index (χ0n) is 9.07. The minimum Gasteiger partial charge on any atom is -0.478 e. The van der Waals surface area contributed by atoms with Crippen molar-refractivity contribution in [3.05, 3.63) is 16.2 Å². The molecule has 0 saturated carbocycles. The fourth-order valence-electron chi connectivity index (χ4n) is 0.869. The first kappa shape index (κ1) is 12.3. The largest absolute Gasteiger partial charge is 0.478 e. The Balaban J connectivity index is 2.81. The topological polar surface area (TPSA) is 92.2 Å². The van der Waals surface area contributed by atoms with E-state index in [9.17, 15) is 9.59 Å². The molecule has 1 heterocycles. The number of nitrogens with one attached hydrogen (secondary N) is 1. The highest BCUT2D eigenvalue weighted by molar-refractivity contribution is 7.15. The molecule has 16 heavy (non-hydrogen) atoms. The molecule has 0 radical (unpaired) electrons. The maximum atomic E-state index is 11.6. The molecule has 1 rings (SSSR count). The summed E-state index contributed by atoms with van der Waals surface area (Å²) < 4.78 is 0. The van der Waals surface area contributed by atoms with Gasteiger partial charge in [-0.2, -0.15) is 0 Å². The average Bonchev–Trinajstić information content (AvgIpc) is 2.61. The molecule has 0 saturated heterocycles. The van der Waals surface area contributed by atoms with E-state index in [-0.39, 0.29) is 11.1 Å². The van der Waals surface area contributed by atoms with Crippen LogP contribution in [0.4, 0.5) is 5.13 Å². The molecule has 6 nitrogen and oxygen atoms in total. The molecule has 1 aromatic heterocycles. The standard InChI is InChI=1S/C9H11N3O3S/c1-4(5(2)8(14)15)7(13)10-9-12-11-6(3)16-9/h1-3H3,(H,14,15)(H,10,12,13). The lowest BCUT2D eigenvalue weighted by atomic mass is 10.1. The van der Waals surface area contributed by atoms with Gasteiger partial charge in [0.05, 0.1) is 0 Å². The summed E-state index contributed by atoms with van der Waals surface area (Å²) in [6.45, 7) is 4.59. The zero-order valence-corrected chi connectivity index (χ0v) is 9.88. The Morgan fingerprint density at radius 2 is 1.88 bits per heavy atom. The van der Waals surface area contributed by atoms with Gasteiger partial charge in [-0.1, -0.05) is 11.3 Å². The number of carbonyl (C=O) groups excluding carboxylic acids is 1. The second kappa shape index (κ2) is 4.84. The van der Waals surface area contributed by atoms with Crippen LogP contribution in [0.2, 0.25) is 0 Å². The fourth-order valence-corrected chi connectivity index (χ4v) is 1.46. The molecule has 2 N–H and O–H groups in total. The summed E-state index contributed by atoms with van der Waals surface area (Å²) in [6, 6.07) is 0. The van der Waals surface area contributed by atoms with E-state index in [1.54, 1.807) is 6.92 Å². The van der Waals surface area contributed by atoms with Crippen LogP contribution in [0, 0.1) is 6.92 Å². The van der Waals surface area contributed by atoms with E-state index in [2.05, 4.69) is 15.5 Å². The zero-order chi connectivity index (χ0) is 12.3. The summed E-state index contributed by atoms with van der Waals surface area (Å²) in [5, 5.41) is 19.7. The number of carboxylic acid groups (broad SMARTS) is 1. The highest BCUT2D eigenvalue weighted by Crippen LogP contribution is 2.15. The van der Waals surface area contributed by atoms with Crippen molar-refractivity contribution >= 4 is 28.3 Å². The van der Waals surface area contributed by atoms with E-state index in [1.165, 1.54) is 25.2 Å². The predicted octanol–water partition coefficient (Wildman–Crippen LogP) is 1.21. The first-order valence-electron chi connectivity index (χ1n) is 4.44. The minimum atomic E-state index is -1.11. The van der Waals surface area contributed by atoms with Crippen LogP contribution in [0.1, 0.15) is 18.9 Å². The molecule has 0 bridgehead atoms. The van der Waals surface area contributed by atoms with Crippen molar-refractivity contribution in [1.82, 2.24) is 10.2 Å². The van der Waals surface area contributed by atoms with E-state index in [1.807, 2.05) is 0 Å². The third-order valence-corrected chi connectivity index (χ3v) is 2.72. The Morgan fingerprint density at radius 1 is 1.25 bits per heavy atom. The van der Waals surface area contributed by atoms with E-state index < -0.39 is 11.9 Å². The number of nitrogens with zero attached hydrogens (tertiary/aromatic N) is 2. The van der Waals surface area contributed by atoms with Gasteiger partial charge in [0.2, 0.25) is 5.13 Å². The van der Waals surface area contributed by atoms with E-state index in [0.29, 0.717) is 5.13 Å². The molecule has 0 aliphatic carbocycles. The minimum absolute atomic E-state index is 0.0127. The van der Waals surface area contributed by atoms with Crippen molar-refractivity contribution in [3.63, 3.8) is 0 Å². The molecule has 0 aliphatic heterocycles. The van der Waals surface area contributed by atoms with Crippen molar-refractivity contribution in [3.8, 4) is 0 Å². The molecule has 1 aromatic rings. The van der Waals surface area contributed by atoms with Crippen LogP contribution >= 0.6 is 11.3 Å². The van der Waals surface area contributed by atoms with Gasteiger partial charge in [-0.3, -0.25) is 10.1 Å². The van der Waals surface area contributed by atoms with Crippen molar-refractivity contribution < 1.29 is 14.7 Å². The number of hydrogen-bond acceptors (Lipinski definition) is 5. The summed E-state index contributed by atoms with van der Waals surface area (Å²) >= 11 is 1.23. The maximum Gasteiger partial charge on any atom is 0.331 e.